The smallest absolute Gasteiger partial charge is 0.268 e. The average molecular weight is 576 g/mol. The van der Waals surface area contributed by atoms with Gasteiger partial charge in [0.25, 0.3) is 5.91 Å². The Bertz CT molecular complexity index is 1620. The zero-order valence-corrected chi connectivity index (χ0v) is 23.4. The average Bonchev–Trinajstić information content (AvgIpc) is 3.55. The maximum atomic E-state index is 13.8. The van der Waals surface area contributed by atoms with Crippen LogP contribution in [0.1, 0.15) is 16.1 Å². The van der Waals surface area contributed by atoms with Crippen molar-refractivity contribution in [3.8, 4) is 22.5 Å². The number of carbonyl (C=O) groups is 1. The molecule has 0 aliphatic carbocycles. The Kier molecular flexibility index (Phi) is 7.89. The predicted molar refractivity (Wildman–Crippen MR) is 159 cm³/mol. The summed E-state index contributed by atoms with van der Waals surface area (Å²) in [5.41, 5.74) is 5.79. The summed E-state index contributed by atoms with van der Waals surface area (Å²) >= 11 is 12.5. The molecule has 9 heteroatoms. The first kappa shape index (κ1) is 26.6. The number of ether oxygens (including phenoxy) is 1. The number of aromatic nitrogens is 3. The molecule has 1 aliphatic rings. The number of nitrogens with one attached hydrogen (secondary N) is 3. The monoisotopic (exact) mass is 574 g/mol. The number of H-pyrrole nitrogens is 1. The van der Waals surface area contributed by atoms with E-state index in [9.17, 15) is 4.79 Å². The zero-order chi connectivity index (χ0) is 27.5. The third-order valence-corrected chi connectivity index (χ3v) is 7.83. The molecule has 1 aliphatic heterocycles. The van der Waals surface area contributed by atoms with E-state index in [2.05, 4.69) is 14.9 Å². The van der Waals surface area contributed by atoms with Crippen LogP contribution in [0.5, 0.6) is 0 Å². The summed E-state index contributed by atoms with van der Waals surface area (Å²) in [6, 6.07) is 23.5. The fourth-order valence-electron chi connectivity index (χ4n) is 5.30. The van der Waals surface area contributed by atoms with E-state index in [1.807, 2.05) is 79.1 Å². The Labute approximate surface area is 242 Å². The molecular formula is C31H30Cl2N5O2+. The van der Waals surface area contributed by atoms with Crippen LogP contribution >= 0.6 is 23.2 Å². The molecule has 3 heterocycles. The van der Waals surface area contributed by atoms with Crippen LogP contribution < -0.4 is 10.2 Å². The van der Waals surface area contributed by atoms with E-state index in [1.54, 1.807) is 0 Å². The summed E-state index contributed by atoms with van der Waals surface area (Å²) in [5.74, 6) is -0.159. The van der Waals surface area contributed by atoms with E-state index >= 15 is 0 Å². The minimum Gasteiger partial charge on any atom is -0.370 e. The summed E-state index contributed by atoms with van der Waals surface area (Å²) in [7, 11) is 0. The van der Waals surface area contributed by atoms with Gasteiger partial charge in [0.15, 0.2) is 0 Å². The third-order valence-electron chi connectivity index (χ3n) is 7.34. The van der Waals surface area contributed by atoms with Crippen LogP contribution in [0.4, 0.5) is 0 Å². The molecule has 1 amide bonds. The van der Waals surface area contributed by atoms with E-state index in [-0.39, 0.29) is 5.91 Å². The molecule has 0 spiro atoms. The van der Waals surface area contributed by atoms with Crippen LogP contribution in [-0.2, 0) is 11.3 Å². The molecular weight excluding hydrogens is 545 g/mol. The van der Waals surface area contributed by atoms with Crippen molar-refractivity contribution in [1.82, 2.24) is 19.9 Å². The molecule has 0 atom stereocenters. The highest BCUT2D eigenvalue weighted by atomic mass is 35.5. The van der Waals surface area contributed by atoms with E-state index in [4.69, 9.17) is 32.9 Å². The molecule has 3 N–H and O–H groups in total. The minimum atomic E-state index is -0.159. The molecule has 0 unspecified atom stereocenters. The molecule has 1 saturated heterocycles. The highest BCUT2D eigenvalue weighted by Crippen LogP contribution is 2.39. The number of amides is 1. The fourth-order valence-corrected chi connectivity index (χ4v) is 5.59. The third kappa shape index (κ3) is 5.64. The van der Waals surface area contributed by atoms with Gasteiger partial charge in [0.2, 0.25) is 0 Å². The number of hydrogen-bond donors (Lipinski definition) is 3. The quantitative estimate of drug-likeness (QED) is 0.251. The Balaban J connectivity index is 1.44. The number of fused-ring (bicyclic) bond motifs is 1. The largest absolute Gasteiger partial charge is 0.370 e. The second-order valence-electron chi connectivity index (χ2n) is 10.00. The summed E-state index contributed by atoms with van der Waals surface area (Å²) in [6.07, 6.45) is 1.84. The second-order valence-corrected chi connectivity index (χ2v) is 10.9. The SMILES string of the molecule is O=C(NCC[NH+]1CCOCC1)c1[nH]c2cc(Cl)ccc2c1-c1c(-c2ccccc2)ncn1Cc1ccc(Cl)cc1. The second kappa shape index (κ2) is 11.9. The van der Waals surface area contributed by atoms with Crippen molar-refractivity contribution in [2.45, 2.75) is 6.54 Å². The van der Waals surface area contributed by atoms with Crippen molar-refractivity contribution in [3.05, 3.63) is 100 Å². The lowest BCUT2D eigenvalue weighted by atomic mass is 10.0. The molecule has 204 valence electrons. The number of quaternary nitrogens is 1. The van der Waals surface area contributed by atoms with Crippen molar-refractivity contribution in [2.75, 3.05) is 39.4 Å². The first-order valence-electron chi connectivity index (χ1n) is 13.4. The van der Waals surface area contributed by atoms with Crippen LogP contribution in [0.3, 0.4) is 0 Å². The number of imidazole rings is 1. The number of rotatable bonds is 8. The first-order chi connectivity index (χ1) is 19.6. The van der Waals surface area contributed by atoms with E-state index < -0.39 is 0 Å². The minimum absolute atomic E-state index is 0.159. The topological polar surface area (TPSA) is 76.4 Å². The number of carbonyl (C=O) groups excluding carboxylic acids is 1. The van der Waals surface area contributed by atoms with Gasteiger partial charge in [-0.2, -0.15) is 0 Å². The van der Waals surface area contributed by atoms with Gasteiger partial charge in [0.05, 0.1) is 44.0 Å². The van der Waals surface area contributed by atoms with Gasteiger partial charge >= 0.3 is 0 Å². The van der Waals surface area contributed by atoms with Crippen molar-refractivity contribution in [3.63, 3.8) is 0 Å². The first-order valence-corrected chi connectivity index (χ1v) is 14.2. The van der Waals surface area contributed by atoms with Gasteiger partial charge in [0.1, 0.15) is 18.8 Å². The molecule has 7 nitrogen and oxygen atoms in total. The van der Waals surface area contributed by atoms with Crippen molar-refractivity contribution >= 4 is 40.0 Å². The molecule has 0 bridgehead atoms. The lowest BCUT2D eigenvalue weighted by molar-refractivity contribution is -0.906. The highest BCUT2D eigenvalue weighted by Gasteiger charge is 2.26. The van der Waals surface area contributed by atoms with Gasteiger partial charge in [-0.15, -0.1) is 0 Å². The van der Waals surface area contributed by atoms with Crippen molar-refractivity contribution in [2.24, 2.45) is 0 Å². The van der Waals surface area contributed by atoms with Crippen LogP contribution in [0.15, 0.2) is 79.1 Å². The Morgan fingerprint density at radius 1 is 1.00 bits per heavy atom. The van der Waals surface area contributed by atoms with Crippen molar-refractivity contribution in [1.29, 1.82) is 0 Å². The van der Waals surface area contributed by atoms with E-state index in [0.717, 1.165) is 71.8 Å². The molecule has 0 radical (unpaired) electrons. The van der Waals surface area contributed by atoms with Crippen LogP contribution in [0.2, 0.25) is 10.0 Å². The molecule has 40 heavy (non-hydrogen) atoms. The predicted octanol–water partition coefficient (Wildman–Crippen LogP) is 4.70. The Morgan fingerprint density at radius 2 is 1.75 bits per heavy atom. The zero-order valence-electron chi connectivity index (χ0n) is 21.9. The Hall–Kier alpha value is -3.62. The number of hydrogen-bond acceptors (Lipinski definition) is 3. The highest BCUT2D eigenvalue weighted by molar-refractivity contribution is 6.31. The summed E-state index contributed by atoms with van der Waals surface area (Å²) in [4.78, 5) is 23.4. The van der Waals surface area contributed by atoms with Crippen LogP contribution in [0, 0.1) is 0 Å². The fraction of sp³-hybridized carbons (Fsp3) is 0.226. The van der Waals surface area contributed by atoms with Crippen LogP contribution in [0.25, 0.3) is 33.4 Å². The van der Waals surface area contributed by atoms with Gasteiger partial charge in [-0.1, -0.05) is 71.7 Å². The Morgan fingerprint density at radius 3 is 2.52 bits per heavy atom. The maximum Gasteiger partial charge on any atom is 0.268 e. The molecule has 5 aromatic rings. The standard InChI is InChI=1S/C31H29Cl2N5O2/c32-23-8-6-21(7-9-23)19-38-20-35-28(22-4-2-1-3-5-22)30(38)27-25-11-10-24(33)18-26(25)36-29(27)31(39)34-12-13-37-14-16-40-17-15-37/h1-11,18,20,36H,12-17,19H2,(H,34,39)/p+1. The van der Waals surface area contributed by atoms with Crippen molar-refractivity contribution < 1.29 is 14.4 Å². The molecule has 3 aromatic carbocycles. The van der Waals surface area contributed by atoms with Gasteiger partial charge in [-0.05, 0) is 29.8 Å². The molecule has 1 fully saturated rings. The normalized spacial score (nSPS) is 14.1. The number of morpholine rings is 1. The number of benzene rings is 3. The molecule has 0 saturated carbocycles. The number of aromatic amines is 1. The van der Waals surface area contributed by atoms with Gasteiger partial charge < -0.3 is 24.5 Å². The summed E-state index contributed by atoms with van der Waals surface area (Å²) < 4.78 is 7.56. The lowest BCUT2D eigenvalue weighted by Gasteiger charge is -2.23. The lowest BCUT2D eigenvalue weighted by Crippen LogP contribution is -3.14. The van der Waals surface area contributed by atoms with Crippen LogP contribution in [-0.4, -0.2) is 59.8 Å². The van der Waals surface area contributed by atoms with E-state index in [0.29, 0.717) is 28.8 Å². The number of nitrogens with zero attached hydrogens (tertiary/aromatic N) is 2. The van der Waals surface area contributed by atoms with Gasteiger partial charge in [-0.25, -0.2) is 4.98 Å². The van der Waals surface area contributed by atoms with Gasteiger partial charge in [-0.3, -0.25) is 4.79 Å². The summed E-state index contributed by atoms with van der Waals surface area (Å²) in [6.45, 7) is 5.41. The molecule has 2 aromatic heterocycles. The van der Waals surface area contributed by atoms with E-state index in [1.165, 1.54) is 4.90 Å². The molecule has 6 rings (SSSR count). The van der Waals surface area contributed by atoms with Gasteiger partial charge in [0, 0.05) is 38.6 Å². The maximum absolute atomic E-state index is 13.8. The summed E-state index contributed by atoms with van der Waals surface area (Å²) in [5, 5.41) is 5.34. The number of halogens is 2.